The number of nitrogens with zero attached hydrogens (tertiary/aromatic N) is 2. The standard InChI is InChI=1S/C20H30N4O2/c1-15-7-11-24(18(12-15)13-21)19(25)6-9-22-20(26)23-10-8-16-4-2-3-5-17(16)14-23/h2-5,15,18H,6-14,21H2,1H3,(H,22,26). The van der Waals surface area contributed by atoms with E-state index in [-0.39, 0.29) is 18.0 Å². The molecule has 2 unspecified atom stereocenters. The minimum absolute atomic E-state index is 0.0880. The first-order valence-electron chi connectivity index (χ1n) is 9.67. The summed E-state index contributed by atoms with van der Waals surface area (Å²) in [6, 6.07) is 8.29. The van der Waals surface area contributed by atoms with Crippen molar-refractivity contribution in [2.75, 3.05) is 26.2 Å². The maximum Gasteiger partial charge on any atom is 0.317 e. The molecule has 6 heteroatoms. The van der Waals surface area contributed by atoms with Crippen molar-refractivity contribution < 1.29 is 9.59 Å². The Kier molecular flexibility index (Phi) is 6.14. The van der Waals surface area contributed by atoms with E-state index in [1.807, 2.05) is 21.9 Å². The number of likely N-dealkylation sites (tertiary alicyclic amines) is 1. The van der Waals surface area contributed by atoms with Gasteiger partial charge in [-0.1, -0.05) is 31.2 Å². The van der Waals surface area contributed by atoms with Gasteiger partial charge in [0.25, 0.3) is 0 Å². The van der Waals surface area contributed by atoms with Crippen LogP contribution in [-0.2, 0) is 17.8 Å². The first-order valence-corrected chi connectivity index (χ1v) is 9.67. The Morgan fingerprint density at radius 1 is 1.23 bits per heavy atom. The quantitative estimate of drug-likeness (QED) is 0.860. The van der Waals surface area contributed by atoms with Crippen LogP contribution in [0, 0.1) is 5.92 Å². The molecule has 2 aliphatic heterocycles. The van der Waals surface area contributed by atoms with Crippen molar-refractivity contribution >= 4 is 11.9 Å². The molecule has 0 spiro atoms. The van der Waals surface area contributed by atoms with E-state index in [0.29, 0.717) is 32.0 Å². The average Bonchev–Trinajstić information content (AvgIpc) is 2.67. The largest absolute Gasteiger partial charge is 0.338 e. The van der Waals surface area contributed by atoms with E-state index in [2.05, 4.69) is 24.4 Å². The van der Waals surface area contributed by atoms with Crippen LogP contribution in [-0.4, -0.2) is 54.0 Å². The van der Waals surface area contributed by atoms with Crippen LogP contribution in [0.5, 0.6) is 0 Å². The van der Waals surface area contributed by atoms with Gasteiger partial charge >= 0.3 is 6.03 Å². The Morgan fingerprint density at radius 2 is 2.00 bits per heavy atom. The van der Waals surface area contributed by atoms with E-state index in [0.717, 1.165) is 32.4 Å². The Morgan fingerprint density at radius 3 is 2.77 bits per heavy atom. The summed E-state index contributed by atoms with van der Waals surface area (Å²) in [4.78, 5) is 28.6. The van der Waals surface area contributed by atoms with Crippen molar-refractivity contribution in [3.05, 3.63) is 35.4 Å². The zero-order chi connectivity index (χ0) is 18.5. The Bertz CT molecular complexity index is 648. The number of benzene rings is 1. The summed E-state index contributed by atoms with van der Waals surface area (Å²) in [5, 5.41) is 2.90. The highest BCUT2D eigenvalue weighted by molar-refractivity contribution is 5.79. The SMILES string of the molecule is CC1CCN(C(=O)CCNC(=O)N2CCc3ccccc3C2)C(CN)C1. The predicted octanol–water partition coefficient (Wildman–Crippen LogP) is 1.73. The minimum Gasteiger partial charge on any atom is -0.338 e. The molecule has 26 heavy (non-hydrogen) atoms. The highest BCUT2D eigenvalue weighted by Gasteiger charge is 2.28. The normalized spacial score (nSPS) is 22.7. The summed E-state index contributed by atoms with van der Waals surface area (Å²) in [5.41, 5.74) is 8.36. The van der Waals surface area contributed by atoms with E-state index in [1.165, 1.54) is 11.1 Å². The molecule has 2 aliphatic rings. The molecule has 3 rings (SSSR count). The average molecular weight is 358 g/mol. The van der Waals surface area contributed by atoms with Crippen LogP contribution in [0.2, 0.25) is 0 Å². The Labute approximate surface area is 155 Å². The van der Waals surface area contributed by atoms with Crippen molar-refractivity contribution in [2.24, 2.45) is 11.7 Å². The van der Waals surface area contributed by atoms with Gasteiger partial charge in [-0.2, -0.15) is 0 Å². The van der Waals surface area contributed by atoms with Gasteiger partial charge in [0.2, 0.25) is 5.91 Å². The third-order valence-electron chi connectivity index (χ3n) is 5.60. The number of nitrogens with two attached hydrogens (primary N) is 1. The van der Waals surface area contributed by atoms with Gasteiger partial charge in [0, 0.05) is 45.2 Å². The van der Waals surface area contributed by atoms with Gasteiger partial charge in [0.05, 0.1) is 0 Å². The fraction of sp³-hybridized carbons (Fsp3) is 0.600. The number of carbonyl (C=O) groups excluding carboxylic acids is 2. The number of urea groups is 1. The number of rotatable bonds is 4. The molecule has 0 aromatic heterocycles. The molecule has 0 saturated carbocycles. The van der Waals surface area contributed by atoms with Gasteiger partial charge in [-0.05, 0) is 36.3 Å². The first kappa shape index (κ1) is 18.7. The van der Waals surface area contributed by atoms with Crippen LogP contribution in [0.1, 0.15) is 37.3 Å². The summed E-state index contributed by atoms with van der Waals surface area (Å²) in [6.45, 7) is 5.22. The fourth-order valence-electron chi connectivity index (χ4n) is 4.00. The lowest BCUT2D eigenvalue weighted by atomic mass is 9.92. The second kappa shape index (κ2) is 8.54. The smallest absolute Gasteiger partial charge is 0.317 e. The van der Waals surface area contributed by atoms with E-state index >= 15 is 0 Å². The molecule has 3 N–H and O–H groups in total. The molecule has 0 radical (unpaired) electrons. The molecule has 2 atom stereocenters. The molecular weight excluding hydrogens is 328 g/mol. The lowest BCUT2D eigenvalue weighted by Crippen LogP contribution is -2.50. The number of piperidine rings is 1. The van der Waals surface area contributed by atoms with Crippen molar-refractivity contribution in [1.82, 2.24) is 15.1 Å². The first-order chi connectivity index (χ1) is 12.6. The topological polar surface area (TPSA) is 78.7 Å². The predicted molar refractivity (Wildman–Crippen MR) is 102 cm³/mol. The molecule has 142 valence electrons. The van der Waals surface area contributed by atoms with Crippen LogP contribution in [0.15, 0.2) is 24.3 Å². The molecule has 1 aromatic carbocycles. The van der Waals surface area contributed by atoms with Gasteiger partial charge in [0.15, 0.2) is 0 Å². The van der Waals surface area contributed by atoms with Gasteiger partial charge in [0.1, 0.15) is 0 Å². The van der Waals surface area contributed by atoms with Crippen LogP contribution in [0.3, 0.4) is 0 Å². The number of carbonyl (C=O) groups is 2. The van der Waals surface area contributed by atoms with E-state index in [1.54, 1.807) is 0 Å². The Hall–Kier alpha value is -2.08. The molecule has 3 amide bonds. The minimum atomic E-state index is -0.0880. The molecule has 2 heterocycles. The number of fused-ring (bicyclic) bond motifs is 1. The van der Waals surface area contributed by atoms with E-state index in [4.69, 9.17) is 5.73 Å². The van der Waals surface area contributed by atoms with Gasteiger partial charge in [-0.15, -0.1) is 0 Å². The highest BCUT2D eigenvalue weighted by atomic mass is 16.2. The molecule has 6 nitrogen and oxygen atoms in total. The number of hydrogen-bond acceptors (Lipinski definition) is 3. The second-order valence-electron chi connectivity index (χ2n) is 7.53. The summed E-state index contributed by atoms with van der Waals surface area (Å²) < 4.78 is 0. The molecule has 1 saturated heterocycles. The fourth-order valence-corrected chi connectivity index (χ4v) is 4.00. The molecular formula is C20H30N4O2. The van der Waals surface area contributed by atoms with E-state index < -0.39 is 0 Å². The summed E-state index contributed by atoms with van der Waals surface area (Å²) in [7, 11) is 0. The van der Waals surface area contributed by atoms with Gasteiger partial charge in [-0.3, -0.25) is 4.79 Å². The van der Waals surface area contributed by atoms with Crippen LogP contribution in [0.25, 0.3) is 0 Å². The zero-order valence-corrected chi connectivity index (χ0v) is 15.6. The number of nitrogens with one attached hydrogen (secondary N) is 1. The lowest BCUT2D eigenvalue weighted by Gasteiger charge is -2.38. The van der Waals surface area contributed by atoms with Crippen molar-refractivity contribution in [3.8, 4) is 0 Å². The third kappa shape index (κ3) is 4.36. The van der Waals surface area contributed by atoms with Crippen LogP contribution < -0.4 is 11.1 Å². The number of amides is 3. The van der Waals surface area contributed by atoms with Crippen molar-refractivity contribution in [3.63, 3.8) is 0 Å². The van der Waals surface area contributed by atoms with Crippen LogP contribution in [0.4, 0.5) is 4.79 Å². The third-order valence-corrected chi connectivity index (χ3v) is 5.60. The maximum atomic E-state index is 12.5. The molecule has 0 aliphatic carbocycles. The summed E-state index contributed by atoms with van der Waals surface area (Å²) >= 11 is 0. The molecule has 1 fully saturated rings. The number of hydrogen-bond donors (Lipinski definition) is 2. The lowest BCUT2D eigenvalue weighted by molar-refractivity contribution is -0.135. The monoisotopic (exact) mass is 358 g/mol. The van der Waals surface area contributed by atoms with Gasteiger partial charge < -0.3 is 20.9 Å². The van der Waals surface area contributed by atoms with Crippen LogP contribution >= 0.6 is 0 Å². The Balaban J connectivity index is 1.44. The van der Waals surface area contributed by atoms with Crippen molar-refractivity contribution in [1.29, 1.82) is 0 Å². The van der Waals surface area contributed by atoms with Gasteiger partial charge in [-0.25, -0.2) is 4.79 Å². The van der Waals surface area contributed by atoms with E-state index in [9.17, 15) is 9.59 Å². The summed E-state index contributed by atoms with van der Waals surface area (Å²) in [6.07, 6.45) is 3.22. The molecule has 0 bridgehead atoms. The van der Waals surface area contributed by atoms with Crippen molar-refractivity contribution in [2.45, 2.75) is 45.2 Å². The maximum absolute atomic E-state index is 12.5. The highest BCUT2D eigenvalue weighted by Crippen LogP contribution is 2.22. The summed E-state index contributed by atoms with van der Waals surface area (Å²) in [5.74, 6) is 0.714. The zero-order valence-electron chi connectivity index (χ0n) is 15.6. The molecule has 1 aromatic rings. The second-order valence-corrected chi connectivity index (χ2v) is 7.53.